The molecule has 0 unspecified atom stereocenters. The molecule has 2 aromatic rings. The number of amides is 1. The molecule has 1 amide bonds. The van der Waals surface area contributed by atoms with Crippen LogP contribution >= 0.6 is 0 Å². The molecule has 0 aliphatic rings. The number of anilines is 1. The zero-order valence-electron chi connectivity index (χ0n) is 14.3. The van der Waals surface area contributed by atoms with Crippen molar-refractivity contribution in [3.05, 3.63) is 59.4 Å². The lowest BCUT2D eigenvalue weighted by molar-refractivity contribution is 0.0794. The summed E-state index contributed by atoms with van der Waals surface area (Å²) >= 11 is 0. The van der Waals surface area contributed by atoms with E-state index in [9.17, 15) is 17.6 Å². The van der Waals surface area contributed by atoms with Crippen LogP contribution < -0.4 is 4.72 Å². The van der Waals surface area contributed by atoms with Crippen molar-refractivity contribution in [3.63, 3.8) is 0 Å². The number of nitrogens with zero attached hydrogens (tertiary/aromatic N) is 3. The SMILES string of the molecule is Cc1ccc(S(=O)(=O)Nc2cccc(C(=O)N(CC#N)CC#N)c2)cc1F. The lowest BCUT2D eigenvalue weighted by Gasteiger charge is -2.16. The zero-order chi connectivity index (χ0) is 20.0. The van der Waals surface area contributed by atoms with Gasteiger partial charge in [-0.05, 0) is 42.8 Å². The largest absolute Gasteiger partial charge is 0.312 e. The molecule has 27 heavy (non-hydrogen) atoms. The minimum Gasteiger partial charge on any atom is -0.312 e. The summed E-state index contributed by atoms with van der Waals surface area (Å²) in [4.78, 5) is 13.2. The number of carbonyl (C=O) groups is 1. The summed E-state index contributed by atoms with van der Waals surface area (Å²) in [5, 5.41) is 17.5. The highest BCUT2D eigenvalue weighted by Gasteiger charge is 2.19. The molecule has 0 fully saturated rings. The highest BCUT2D eigenvalue weighted by Crippen LogP contribution is 2.20. The first-order valence-electron chi connectivity index (χ1n) is 7.70. The van der Waals surface area contributed by atoms with Crippen molar-refractivity contribution in [2.24, 2.45) is 0 Å². The Morgan fingerprint density at radius 2 is 1.81 bits per heavy atom. The van der Waals surface area contributed by atoms with E-state index in [0.29, 0.717) is 5.56 Å². The molecule has 0 atom stereocenters. The number of hydrogen-bond donors (Lipinski definition) is 1. The number of nitriles is 2. The van der Waals surface area contributed by atoms with Gasteiger partial charge in [0.1, 0.15) is 18.9 Å². The van der Waals surface area contributed by atoms with Gasteiger partial charge in [-0.2, -0.15) is 10.5 Å². The maximum Gasteiger partial charge on any atom is 0.261 e. The van der Waals surface area contributed by atoms with Gasteiger partial charge in [-0.15, -0.1) is 0 Å². The van der Waals surface area contributed by atoms with Crippen LogP contribution in [0.15, 0.2) is 47.4 Å². The van der Waals surface area contributed by atoms with E-state index in [1.807, 2.05) is 0 Å². The first-order valence-corrected chi connectivity index (χ1v) is 9.19. The Labute approximate surface area is 156 Å². The molecule has 0 spiro atoms. The molecule has 0 saturated carbocycles. The maximum atomic E-state index is 13.7. The van der Waals surface area contributed by atoms with Gasteiger partial charge >= 0.3 is 0 Å². The molecule has 1 N–H and O–H groups in total. The molecule has 9 heteroatoms. The van der Waals surface area contributed by atoms with Crippen molar-refractivity contribution in [1.82, 2.24) is 4.90 Å². The summed E-state index contributed by atoms with van der Waals surface area (Å²) in [5.74, 6) is -1.23. The van der Waals surface area contributed by atoms with E-state index in [-0.39, 0.29) is 29.2 Å². The quantitative estimate of drug-likeness (QED) is 0.766. The fourth-order valence-corrected chi connectivity index (χ4v) is 3.28. The molecule has 0 heterocycles. The van der Waals surface area contributed by atoms with Gasteiger partial charge in [-0.3, -0.25) is 9.52 Å². The van der Waals surface area contributed by atoms with Crippen molar-refractivity contribution in [2.45, 2.75) is 11.8 Å². The van der Waals surface area contributed by atoms with Gasteiger partial charge in [-0.1, -0.05) is 12.1 Å². The number of halogens is 1. The number of sulfonamides is 1. The minimum absolute atomic E-state index is 0.0932. The van der Waals surface area contributed by atoms with Crippen LogP contribution in [0.3, 0.4) is 0 Å². The highest BCUT2D eigenvalue weighted by atomic mass is 32.2. The number of hydrogen-bond acceptors (Lipinski definition) is 5. The van der Waals surface area contributed by atoms with Crippen LogP contribution in [0.4, 0.5) is 10.1 Å². The third kappa shape index (κ3) is 4.81. The number of nitrogens with one attached hydrogen (secondary N) is 1. The van der Waals surface area contributed by atoms with Gasteiger partial charge in [0.25, 0.3) is 15.9 Å². The van der Waals surface area contributed by atoms with Crippen LogP contribution in [-0.2, 0) is 10.0 Å². The summed E-state index contributed by atoms with van der Waals surface area (Å²) in [6.45, 7) is 0.971. The Hall–Kier alpha value is -3.43. The number of rotatable bonds is 6. The van der Waals surface area contributed by atoms with Crippen LogP contribution in [0.25, 0.3) is 0 Å². The van der Waals surface area contributed by atoms with E-state index in [0.717, 1.165) is 11.0 Å². The molecule has 2 rings (SSSR count). The van der Waals surface area contributed by atoms with Crippen molar-refractivity contribution in [3.8, 4) is 12.1 Å². The van der Waals surface area contributed by atoms with Gasteiger partial charge in [0.15, 0.2) is 0 Å². The lowest BCUT2D eigenvalue weighted by atomic mass is 10.2. The fraction of sp³-hybridized carbons (Fsp3) is 0.167. The van der Waals surface area contributed by atoms with Crippen LogP contribution in [0.2, 0.25) is 0 Å². The van der Waals surface area contributed by atoms with E-state index < -0.39 is 21.7 Å². The Kier molecular flexibility index (Phi) is 6.11. The number of carbonyl (C=O) groups excluding carboxylic acids is 1. The van der Waals surface area contributed by atoms with Gasteiger partial charge < -0.3 is 4.90 Å². The van der Waals surface area contributed by atoms with Gasteiger partial charge in [0, 0.05) is 11.3 Å². The predicted molar refractivity (Wildman–Crippen MR) is 95.5 cm³/mol. The van der Waals surface area contributed by atoms with Gasteiger partial charge in [0.2, 0.25) is 0 Å². The second kappa shape index (κ2) is 8.30. The van der Waals surface area contributed by atoms with E-state index in [4.69, 9.17) is 10.5 Å². The summed E-state index contributed by atoms with van der Waals surface area (Å²) in [6, 6.07) is 12.7. The first kappa shape index (κ1) is 19.9. The first-order chi connectivity index (χ1) is 12.8. The summed E-state index contributed by atoms with van der Waals surface area (Å²) in [7, 11) is -4.06. The van der Waals surface area contributed by atoms with E-state index in [1.165, 1.54) is 43.3 Å². The van der Waals surface area contributed by atoms with Crippen molar-refractivity contribution < 1.29 is 17.6 Å². The second-order valence-corrected chi connectivity index (χ2v) is 7.26. The zero-order valence-corrected chi connectivity index (χ0v) is 15.1. The monoisotopic (exact) mass is 386 g/mol. The average molecular weight is 386 g/mol. The Morgan fingerprint density at radius 1 is 1.15 bits per heavy atom. The maximum absolute atomic E-state index is 13.7. The third-order valence-corrected chi connectivity index (χ3v) is 5.00. The van der Waals surface area contributed by atoms with Crippen LogP contribution in [0.5, 0.6) is 0 Å². The normalized spacial score (nSPS) is 10.5. The molecular formula is C18H15FN4O3S. The third-order valence-electron chi connectivity index (χ3n) is 3.63. The van der Waals surface area contributed by atoms with Crippen LogP contribution in [0.1, 0.15) is 15.9 Å². The van der Waals surface area contributed by atoms with Gasteiger partial charge in [0.05, 0.1) is 17.0 Å². The molecule has 0 aliphatic heterocycles. The van der Waals surface area contributed by atoms with Gasteiger partial charge in [-0.25, -0.2) is 12.8 Å². The van der Waals surface area contributed by atoms with Crippen molar-refractivity contribution in [2.75, 3.05) is 17.8 Å². The van der Waals surface area contributed by atoms with Crippen molar-refractivity contribution >= 4 is 21.6 Å². The number of aryl methyl sites for hydroxylation is 1. The molecule has 2 aromatic carbocycles. The average Bonchev–Trinajstić information content (AvgIpc) is 2.63. The summed E-state index contributed by atoms with van der Waals surface area (Å²) in [5.41, 5.74) is 0.517. The fourth-order valence-electron chi connectivity index (χ4n) is 2.22. The molecule has 138 valence electrons. The van der Waals surface area contributed by atoms with Crippen LogP contribution in [-0.4, -0.2) is 32.3 Å². The smallest absolute Gasteiger partial charge is 0.261 e. The Balaban J connectivity index is 2.29. The minimum atomic E-state index is -4.06. The topological polar surface area (TPSA) is 114 Å². The van der Waals surface area contributed by atoms with E-state index in [1.54, 1.807) is 12.1 Å². The summed E-state index contributed by atoms with van der Waals surface area (Å²) in [6.07, 6.45) is 0. The van der Waals surface area contributed by atoms with E-state index in [2.05, 4.69) is 4.72 Å². The Bertz CT molecular complexity index is 1040. The standard InChI is InChI=1S/C18H15FN4O3S/c1-13-5-6-16(12-17(13)19)27(25,26)22-15-4-2-3-14(11-15)18(24)23(9-7-20)10-8-21/h2-6,11-12,22H,9-10H2,1H3. The van der Waals surface area contributed by atoms with Crippen molar-refractivity contribution in [1.29, 1.82) is 10.5 Å². The predicted octanol–water partition coefficient (Wildman–Crippen LogP) is 2.42. The summed E-state index contributed by atoms with van der Waals surface area (Å²) < 4.78 is 40.8. The second-order valence-electron chi connectivity index (χ2n) is 5.57. The molecule has 0 radical (unpaired) electrons. The molecule has 0 saturated heterocycles. The highest BCUT2D eigenvalue weighted by molar-refractivity contribution is 7.92. The van der Waals surface area contributed by atoms with E-state index >= 15 is 0 Å². The molecule has 7 nitrogen and oxygen atoms in total. The van der Waals surface area contributed by atoms with Crippen LogP contribution in [0, 0.1) is 35.4 Å². The molecular weight excluding hydrogens is 371 g/mol. The molecule has 0 aliphatic carbocycles. The lowest BCUT2D eigenvalue weighted by Crippen LogP contribution is -2.31. The molecule has 0 aromatic heterocycles. The molecule has 0 bridgehead atoms. The Morgan fingerprint density at radius 3 is 2.41 bits per heavy atom. The number of benzene rings is 2.